The number of nitrogens with zero attached hydrogens (tertiary/aromatic N) is 2. The molecule has 5 nitrogen and oxygen atoms in total. The molecular weight excluding hydrogens is 268 g/mol. The van der Waals surface area contributed by atoms with Crippen LogP contribution < -0.4 is 10.3 Å². The molecule has 21 heavy (non-hydrogen) atoms. The predicted molar refractivity (Wildman–Crippen MR) is 80.7 cm³/mol. The van der Waals surface area contributed by atoms with Gasteiger partial charge in [-0.1, -0.05) is 0 Å². The Morgan fingerprint density at radius 1 is 1.48 bits per heavy atom. The molecule has 5 heteroatoms. The molecule has 0 radical (unpaired) electrons. The summed E-state index contributed by atoms with van der Waals surface area (Å²) in [5.41, 5.74) is 0.702. The number of aryl methyl sites for hydroxylation is 1. The molecule has 1 aliphatic rings. The fourth-order valence-corrected chi connectivity index (χ4v) is 2.78. The minimum atomic E-state index is -0.00405. The second-order valence-electron chi connectivity index (χ2n) is 5.50. The molecule has 112 valence electrons. The number of hydrogen-bond acceptors (Lipinski definition) is 4. The lowest BCUT2D eigenvalue weighted by atomic mass is 9.99. The van der Waals surface area contributed by atoms with Crippen molar-refractivity contribution in [1.82, 2.24) is 9.55 Å². The summed E-state index contributed by atoms with van der Waals surface area (Å²) < 4.78 is 12.4. The molecule has 0 amide bonds. The van der Waals surface area contributed by atoms with Crippen LogP contribution in [0.25, 0.3) is 10.9 Å². The molecule has 0 aliphatic carbocycles. The fraction of sp³-hybridized carbons (Fsp3) is 0.500. The number of aromatic nitrogens is 2. The smallest absolute Gasteiger partial charge is 0.261 e. The van der Waals surface area contributed by atoms with Crippen LogP contribution in [0.4, 0.5) is 0 Å². The van der Waals surface area contributed by atoms with Crippen molar-refractivity contribution < 1.29 is 9.47 Å². The Morgan fingerprint density at radius 3 is 3.14 bits per heavy atom. The summed E-state index contributed by atoms with van der Waals surface area (Å²) in [6.07, 6.45) is 4.90. The highest BCUT2D eigenvalue weighted by atomic mass is 16.5. The van der Waals surface area contributed by atoms with Crippen LogP contribution >= 0.6 is 0 Å². The lowest BCUT2D eigenvalue weighted by Gasteiger charge is -2.22. The lowest BCUT2D eigenvalue weighted by molar-refractivity contribution is 0.0499. The van der Waals surface area contributed by atoms with E-state index in [1.54, 1.807) is 24.1 Å². The van der Waals surface area contributed by atoms with Gasteiger partial charge in [-0.05, 0) is 43.4 Å². The van der Waals surface area contributed by atoms with E-state index in [-0.39, 0.29) is 5.56 Å². The molecule has 0 N–H and O–H groups in total. The van der Waals surface area contributed by atoms with E-state index in [2.05, 4.69) is 4.98 Å². The Hall–Kier alpha value is -1.88. The van der Waals surface area contributed by atoms with Crippen LogP contribution in [0, 0.1) is 5.92 Å². The molecule has 1 aromatic carbocycles. The SMILES string of the molecule is COc1ccc2ncn(CCC3CCCOC3)c(=O)c2c1. The van der Waals surface area contributed by atoms with Crippen LogP contribution in [-0.4, -0.2) is 29.9 Å². The van der Waals surface area contributed by atoms with Gasteiger partial charge >= 0.3 is 0 Å². The Morgan fingerprint density at radius 2 is 2.38 bits per heavy atom. The van der Waals surface area contributed by atoms with Gasteiger partial charge in [0.2, 0.25) is 0 Å². The van der Waals surface area contributed by atoms with Gasteiger partial charge in [0.25, 0.3) is 5.56 Å². The first-order valence-electron chi connectivity index (χ1n) is 7.39. The second kappa shape index (κ2) is 6.26. The van der Waals surface area contributed by atoms with Crippen LogP contribution in [-0.2, 0) is 11.3 Å². The molecule has 1 fully saturated rings. The minimum Gasteiger partial charge on any atom is -0.497 e. The highest BCUT2D eigenvalue weighted by Crippen LogP contribution is 2.18. The average Bonchev–Trinajstić information content (AvgIpc) is 2.55. The molecule has 2 heterocycles. The summed E-state index contributed by atoms with van der Waals surface area (Å²) in [4.78, 5) is 16.9. The molecule has 0 spiro atoms. The molecule has 1 aromatic heterocycles. The number of methoxy groups -OCH3 is 1. The van der Waals surface area contributed by atoms with E-state index in [9.17, 15) is 4.79 Å². The van der Waals surface area contributed by atoms with Crippen molar-refractivity contribution in [2.24, 2.45) is 5.92 Å². The van der Waals surface area contributed by atoms with Gasteiger partial charge in [-0.3, -0.25) is 9.36 Å². The summed E-state index contributed by atoms with van der Waals surface area (Å²) in [6, 6.07) is 5.39. The lowest BCUT2D eigenvalue weighted by Crippen LogP contribution is -2.24. The first-order chi connectivity index (χ1) is 10.3. The number of benzene rings is 1. The van der Waals surface area contributed by atoms with Gasteiger partial charge in [-0.2, -0.15) is 0 Å². The number of fused-ring (bicyclic) bond motifs is 1. The van der Waals surface area contributed by atoms with Crippen LogP contribution in [0.1, 0.15) is 19.3 Å². The van der Waals surface area contributed by atoms with E-state index in [1.807, 2.05) is 12.1 Å². The number of rotatable bonds is 4. The third-order valence-electron chi connectivity index (χ3n) is 4.06. The Labute approximate surface area is 123 Å². The molecular formula is C16H20N2O3. The summed E-state index contributed by atoms with van der Waals surface area (Å²) >= 11 is 0. The van der Waals surface area contributed by atoms with Crippen molar-refractivity contribution in [2.45, 2.75) is 25.8 Å². The van der Waals surface area contributed by atoms with Gasteiger partial charge in [-0.25, -0.2) is 4.98 Å². The fourth-order valence-electron chi connectivity index (χ4n) is 2.78. The largest absolute Gasteiger partial charge is 0.497 e. The van der Waals surface area contributed by atoms with E-state index < -0.39 is 0 Å². The van der Waals surface area contributed by atoms with Crippen LogP contribution in [0.5, 0.6) is 5.75 Å². The second-order valence-corrected chi connectivity index (χ2v) is 5.50. The topological polar surface area (TPSA) is 53.4 Å². The molecule has 1 aliphatic heterocycles. The highest BCUT2D eigenvalue weighted by Gasteiger charge is 2.14. The Kier molecular flexibility index (Phi) is 4.20. The first-order valence-corrected chi connectivity index (χ1v) is 7.39. The zero-order valence-corrected chi connectivity index (χ0v) is 12.2. The molecule has 1 saturated heterocycles. The maximum Gasteiger partial charge on any atom is 0.261 e. The first kappa shape index (κ1) is 14.1. The monoisotopic (exact) mass is 288 g/mol. The molecule has 2 aromatic rings. The zero-order chi connectivity index (χ0) is 14.7. The van der Waals surface area contributed by atoms with Crippen molar-refractivity contribution in [2.75, 3.05) is 20.3 Å². The van der Waals surface area contributed by atoms with Gasteiger partial charge < -0.3 is 9.47 Å². The standard InChI is InChI=1S/C16H20N2O3/c1-20-13-4-5-15-14(9-13)16(19)18(11-17-15)7-6-12-3-2-8-21-10-12/h4-5,9,11-12H,2-3,6-8,10H2,1H3. The number of hydrogen-bond donors (Lipinski definition) is 0. The predicted octanol–water partition coefficient (Wildman–Crippen LogP) is 2.22. The third-order valence-corrected chi connectivity index (χ3v) is 4.06. The van der Waals surface area contributed by atoms with Crippen LogP contribution in [0.2, 0.25) is 0 Å². The van der Waals surface area contributed by atoms with Gasteiger partial charge in [0.1, 0.15) is 5.75 Å². The summed E-state index contributed by atoms with van der Waals surface area (Å²) in [5, 5.41) is 0.608. The van der Waals surface area contributed by atoms with Gasteiger partial charge in [0.15, 0.2) is 0 Å². The van der Waals surface area contributed by atoms with E-state index in [0.29, 0.717) is 29.1 Å². The van der Waals surface area contributed by atoms with Crippen molar-refractivity contribution in [3.8, 4) is 5.75 Å². The van der Waals surface area contributed by atoms with Crippen molar-refractivity contribution in [3.63, 3.8) is 0 Å². The maximum atomic E-state index is 12.5. The number of ether oxygens (including phenoxy) is 2. The molecule has 3 rings (SSSR count). The van der Waals surface area contributed by atoms with Gasteiger partial charge in [-0.15, -0.1) is 0 Å². The van der Waals surface area contributed by atoms with E-state index in [0.717, 1.165) is 26.1 Å². The average molecular weight is 288 g/mol. The summed E-state index contributed by atoms with van der Waals surface area (Å²) in [7, 11) is 1.60. The molecule has 1 unspecified atom stereocenters. The van der Waals surface area contributed by atoms with E-state index >= 15 is 0 Å². The summed E-state index contributed by atoms with van der Waals surface area (Å²) in [6.45, 7) is 2.37. The minimum absolute atomic E-state index is 0.00405. The van der Waals surface area contributed by atoms with E-state index in [4.69, 9.17) is 9.47 Å². The normalized spacial score (nSPS) is 18.8. The van der Waals surface area contributed by atoms with Crippen LogP contribution in [0.15, 0.2) is 29.3 Å². The maximum absolute atomic E-state index is 12.5. The third kappa shape index (κ3) is 3.08. The quantitative estimate of drug-likeness (QED) is 0.865. The molecule has 0 bridgehead atoms. The van der Waals surface area contributed by atoms with E-state index in [1.165, 1.54) is 6.42 Å². The molecule has 0 saturated carbocycles. The van der Waals surface area contributed by atoms with Gasteiger partial charge in [0, 0.05) is 19.8 Å². The highest BCUT2D eigenvalue weighted by molar-refractivity contribution is 5.78. The van der Waals surface area contributed by atoms with Crippen molar-refractivity contribution >= 4 is 10.9 Å². The van der Waals surface area contributed by atoms with Crippen LogP contribution in [0.3, 0.4) is 0 Å². The Bertz CT molecular complexity index is 675. The van der Waals surface area contributed by atoms with Crippen molar-refractivity contribution in [3.05, 3.63) is 34.9 Å². The van der Waals surface area contributed by atoms with Crippen molar-refractivity contribution in [1.29, 1.82) is 0 Å². The zero-order valence-electron chi connectivity index (χ0n) is 12.2. The Balaban J connectivity index is 1.81. The van der Waals surface area contributed by atoms with Gasteiger partial charge in [0.05, 0.1) is 24.3 Å². The summed E-state index contributed by atoms with van der Waals surface area (Å²) in [5.74, 6) is 1.23. The molecule has 1 atom stereocenters.